The van der Waals surface area contributed by atoms with Crippen molar-refractivity contribution < 1.29 is 5.21 Å². The topological polar surface area (TPSA) is 79.7 Å². The molecule has 7 heteroatoms. The summed E-state index contributed by atoms with van der Waals surface area (Å²) in [5, 5.41) is 16.0. The van der Waals surface area contributed by atoms with Crippen molar-refractivity contribution in [2.75, 3.05) is 13.6 Å². The van der Waals surface area contributed by atoms with E-state index in [-0.39, 0.29) is 11.8 Å². The average molecular weight is 318 g/mol. The molecule has 1 atom stereocenters. The molecule has 0 aliphatic rings. The number of nitrogens with two attached hydrogens (primary N) is 1. The first-order chi connectivity index (χ1) is 8.36. The lowest BCUT2D eigenvalue weighted by molar-refractivity contribution is 0.285. The Balaban J connectivity index is 2.68. The van der Waals surface area contributed by atoms with E-state index in [1.807, 2.05) is 32.6 Å². The van der Waals surface area contributed by atoms with E-state index in [0.717, 1.165) is 22.4 Å². The van der Waals surface area contributed by atoms with Crippen molar-refractivity contribution in [2.24, 2.45) is 23.9 Å². The molecule has 0 spiro atoms. The standard InChI is InChI=1S/C11H20BrN5O/c1-7(11(13)15-18)5-16(3)6-9-10(12)8(2)14-17(9)4/h7,18H,5-6H2,1-4H3,(H2,13,15). The van der Waals surface area contributed by atoms with Crippen molar-refractivity contribution >= 4 is 21.8 Å². The van der Waals surface area contributed by atoms with Crippen LogP contribution in [0.2, 0.25) is 0 Å². The van der Waals surface area contributed by atoms with Crippen molar-refractivity contribution in [3.05, 3.63) is 15.9 Å². The first-order valence-electron chi connectivity index (χ1n) is 5.70. The predicted molar refractivity (Wildman–Crippen MR) is 74.6 cm³/mol. The summed E-state index contributed by atoms with van der Waals surface area (Å²) >= 11 is 3.54. The molecule has 102 valence electrons. The van der Waals surface area contributed by atoms with E-state index in [2.05, 4.69) is 31.1 Å². The summed E-state index contributed by atoms with van der Waals surface area (Å²) in [6, 6.07) is 0. The van der Waals surface area contributed by atoms with Crippen LogP contribution in [0.3, 0.4) is 0 Å². The van der Waals surface area contributed by atoms with Crippen LogP contribution < -0.4 is 5.73 Å². The third kappa shape index (κ3) is 3.46. The third-order valence-corrected chi connectivity index (χ3v) is 3.92. The molecule has 1 unspecified atom stereocenters. The van der Waals surface area contributed by atoms with Gasteiger partial charge in [0.1, 0.15) is 5.84 Å². The monoisotopic (exact) mass is 317 g/mol. The Labute approximate surface area is 116 Å². The summed E-state index contributed by atoms with van der Waals surface area (Å²) in [6.07, 6.45) is 0. The first kappa shape index (κ1) is 15.0. The van der Waals surface area contributed by atoms with Gasteiger partial charge in [-0.15, -0.1) is 0 Å². The van der Waals surface area contributed by atoms with Crippen LogP contribution in [0, 0.1) is 12.8 Å². The van der Waals surface area contributed by atoms with Crippen LogP contribution in [0.25, 0.3) is 0 Å². The predicted octanol–water partition coefficient (Wildman–Crippen LogP) is 1.31. The van der Waals surface area contributed by atoms with Crippen LogP contribution in [0.4, 0.5) is 0 Å². The van der Waals surface area contributed by atoms with Gasteiger partial charge < -0.3 is 10.9 Å². The Kier molecular flexibility index (Phi) is 5.15. The zero-order chi connectivity index (χ0) is 13.9. The molecule has 0 amide bonds. The third-order valence-electron chi connectivity index (χ3n) is 2.89. The Morgan fingerprint density at radius 1 is 1.67 bits per heavy atom. The van der Waals surface area contributed by atoms with E-state index in [4.69, 9.17) is 10.9 Å². The van der Waals surface area contributed by atoms with Gasteiger partial charge in [-0.25, -0.2) is 0 Å². The molecule has 0 saturated heterocycles. The summed E-state index contributed by atoms with van der Waals surface area (Å²) in [6.45, 7) is 5.36. The zero-order valence-corrected chi connectivity index (χ0v) is 12.8. The second kappa shape index (κ2) is 6.19. The van der Waals surface area contributed by atoms with E-state index >= 15 is 0 Å². The molecule has 0 bridgehead atoms. The van der Waals surface area contributed by atoms with Gasteiger partial charge >= 0.3 is 0 Å². The first-order valence-corrected chi connectivity index (χ1v) is 6.50. The van der Waals surface area contributed by atoms with Crippen LogP contribution in [-0.4, -0.2) is 39.3 Å². The van der Waals surface area contributed by atoms with Gasteiger partial charge in [-0.2, -0.15) is 5.10 Å². The summed E-state index contributed by atoms with van der Waals surface area (Å²) < 4.78 is 2.90. The van der Waals surface area contributed by atoms with Gasteiger partial charge in [0.25, 0.3) is 0 Å². The zero-order valence-electron chi connectivity index (χ0n) is 11.2. The summed E-state index contributed by atoms with van der Waals surface area (Å²) in [4.78, 5) is 2.11. The average Bonchev–Trinajstić information content (AvgIpc) is 2.54. The van der Waals surface area contributed by atoms with Gasteiger partial charge in [0.15, 0.2) is 0 Å². The second-order valence-electron chi connectivity index (χ2n) is 4.59. The molecule has 1 aromatic rings. The van der Waals surface area contributed by atoms with Crippen LogP contribution in [0.5, 0.6) is 0 Å². The van der Waals surface area contributed by atoms with Crippen LogP contribution in [-0.2, 0) is 13.6 Å². The number of rotatable bonds is 5. The van der Waals surface area contributed by atoms with Crippen molar-refractivity contribution in [2.45, 2.75) is 20.4 Å². The number of aromatic nitrogens is 2. The quantitative estimate of drug-likeness (QED) is 0.371. The van der Waals surface area contributed by atoms with Gasteiger partial charge in [0.05, 0.1) is 15.9 Å². The number of hydrogen-bond donors (Lipinski definition) is 2. The van der Waals surface area contributed by atoms with Gasteiger partial charge in [-0.3, -0.25) is 9.58 Å². The minimum absolute atomic E-state index is 0.00750. The lowest BCUT2D eigenvalue weighted by Crippen LogP contribution is -2.32. The maximum Gasteiger partial charge on any atom is 0.143 e. The Morgan fingerprint density at radius 2 is 2.28 bits per heavy atom. The van der Waals surface area contributed by atoms with E-state index in [9.17, 15) is 0 Å². The molecule has 0 aliphatic heterocycles. The molecule has 0 aliphatic carbocycles. The minimum atomic E-state index is 0.00750. The number of oxime groups is 1. The molecule has 0 radical (unpaired) electrons. The highest BCUT2D eigenvalue weighted by Crippen LogP contribution is 2.21. The summed E-state index contributed by atoms with van der Waals surface area (Å²) in [5.74, 6) is 0.259. The largest absolute Gasteiger partial charge is 0.409 e. The maximum atomic E-state index is 8.62. The smallest absolute Gasteiger partial charge is 0.143 e. The molecule has 3 N–H and O–H groups in total. The van der Waals surface area contributed by atoms with Crippen LogP contribution >= 0.6 is 15.9 Å². The molecule has 0 aromatic carbocycles. The number of nitrogens with zero attached hydrogens (tertiary/aromatic N) is 4. The number of hydrogen-bond acceptors (Lipinski definition) is 4. The maximum absolute atomic E-state index is 8.62. The number of aryl methyl sites for hydroxylation is 2. The van der Waals surface area contributed by atoms with E-state index in [1.54, 1.807) is 0 Å². The molecule has 6 nitrogen and oxygen atoms in total. The highest BCUT2D eigenvalue weighted by molar-refractivity contribution is 9.10. The molecule has 18 heavy (non-hydrogen) atoms. The van der Waals surface area contributed by atoms with Gasteiger partial charge in [0.2, 0.25) is 0 Å². The van der Waals surface area contributed by atoms with Gasteiger partial charge in [0, 0.05) is 26.1 Å². The lowest BCUT2D eigenvalue weighted by atomic mass is 10.1. The highest BCUT2D eigenvalue weighted by atomic mass is 79.9. The van der Waals surface area contributed by atoms with Crippen LogP contribution in [0.15, 0.2) is 9.63 Å². The SMILES string of the molecule is Cc1nn(C)c(CN(C)CC(C)C(N)=NO)c1Br. The van der Waals surface area contributed by atoms with Crippen LogP contribution in [0.1, 0.15) is 18.3 Å². The van der Waals surface area contributed by atoms with Crippen molar-refractivity contribution in [1.82, 2.24) is 14.7 Å². The minimum Gasteiger partial charge on any atom is -0.409 e. The Hall–Kier alpha value is -1.08. The number of halogens is 1. The van der Waals surface area contributed by atoms with Crippen molar-refractivity contribution in [1.29, 1.82) is 0 Å². The van der Waals surface area contributed by atoms with Crippen molar-refractivity contribution in [3.63, 3.8) is 0 Å². The lowest BCUT2D eigenvalue weighted by Gasteiger charge is -2.20. The molecular weight excluding hydrogens is 298 g/mol. The highest BCUT2D eigenvalue weighted by Gasteiger charge is 2.15. The fraction of sp³-hybridized carbons (Fsp3) is 0.636. The molecule has 1 aromatic heterocycles. The van der Waals surface area contributed by atoms with Crippen molar-refractivity contribution in [3.8, 4) is 0 Å². The summed E-state index contributed by atoms with van der Waals surface area (Å²) in [7, 11) is 3.92. The fourth-order valence-corrected chi connectivity index (χ4v) is 2.29. The summed E-state index contributed by atoms with van der Waals surface area (Å²) in [5.41, 5.74) is 7.66. The molecule has 1 rings (SSSR count). The fourth-order valence-electron chi connectivity index (χ4n) is 1.83. The molecule has 0 fully saturated rings. The molecule has 1 heterocycles. The number of amidine groups is 1. The van der Waals surface area contributed by atoms with E-state index in [0.29, 0.717) is 6.54 Å². The second-order valence-corrected chi connectivity index (χ2v) is 5.39. The molecular formula is C11H20BrN5O. The van der Waals surface area contributed by atoms with Gasteiger partial charge in [-0.1, -0.05) is 12.1 Å². The Bertz CT molecular complexity index is 443. The van der Waals surface area contributed by atoms with E-state index < -0.39 is 0 Å². The molecule has 0 saturated carbocycles. The normalized spacial score (nSPS) is 14.2. The van der Waals surface area contributed by atoms with Gasteiger partial charge in [-0.05, 0) is 29.9 Å². The Morgan fingerprint density at radius 3 is 2.72 bits per heavy atom. The van der Waals surface area contributed by atoms with E-state index in [1.165, 1.54) is 0 Å².